The van der Waals surface area contributed by atoms with E-state index in [-0.39, 0.29) is 0 Å². The molecule has 1 amide bonds. The highest BCUT2D eigenvalue weighted by Gasteiger charge is 2.36. The zero-order valence-electron chi connectivity index (χ0n) is 9.70. The summed E-state index contributed by atoms with van der Waals surface area (Å²) in [5.74, 6) is -0.799. The molecule has 0 unspecified atom stereocenters. The molecule has 3 nitrogen and oxygen atoms in total. The highest BCUT2D eigenvalue weighted by molar-refractivity contribution is 9.10. The van der Waals surface area contributed by atoms with E-state index in [1.54, 1.807) is 11.0 Å². The van der Waals surface area contributed by atoms with Gasteiger partial charge < -0.3 is 4.90 Å². The summed E-state index contributed by atoms with van der Waals surface area (Å²) >= 11 is 3.32. The number of Topliss-reactive ketones (excluding diaryl/α,β-unsaturated/α-hetero) is 1. The number of halogens is 1. The van der Waals surface area contributed by atoms with Gasteiger partial charge in [-0.2, -0.15) is 0 Å². The van der Waals surface area contributed by atoms with Gasteiger partial charge in [0.25, 0.3) is 11.7 Å². The van der Waals surface area contributed by atoms with Gasteiger partial charge >= 0.3 is 0 Å². The van der Waals surface area contributed by atoms with Crippen molar-refractivity contribution >= 4 is 33.3 Å². The highest BCUT2D eigenvalue weighted by Crippen LogP contribution is 2.34. The molecule has 1 heterocycles. The molecule has 0 N–H and O–H groups in total. The van der Waals surface area contributed by atoms with Crippen molar-refractivity contribution in [3.63, 3.8) is 0 Å². The molecule has 0 saturated heterocycles. The van der Waals surface area contributed by atoms with Crippen molar-refractivity contribution in [3.8, 4) is 0 Å². The van der Waals surface area contributed by atoms with Gasteiger partial charge in [-0.25, -0.2) is 0 Å². The normalized spacial score (nSPS) is 14.4. The fourth-order valence-corrected chi connectivity index (χ4v) is 2.58. The van der Waals surface area contributed by atoms with Crippen LogP contribution in [0.3, 0.4) is 0 Å². The number of carbonyl (C=O) groups is 2. The van der Waals surface area contributed by atoms with E-state index in [2.05, 4.69) is 22.9 Å². The minimum Gasteiger partial charge on any atom is -0.305 e. The molecule has 17 heavy (non-hydrogen) atoms. The molecule has 0 aromatic heterocycles. The first-order valence-corrected chi connectivity index (χ1v) is 6.60. The molecule has 1 aliphatic heterocycles. The number of nitrogens with zero attached hydrogens (tertiary/aromatic N) is 1. The second-order valence-corrected chi connectivity index (χ2v) is 4.98. The van der Waals surface area contributed by atoms with Crippen molar-refractivity contribution in [3.05, 3.63) is 28.2 Å². The van der Waals surface area contributed by atoms with Crippen LogP contribution in [0.1, 0.15) is 36.5 Å². The van der Waals surface area contributed by atoms with Crippen LogP contribution in [0.25, 0.3) is 0 Å². The number of hydrogen-bond acceptors (Lipinski definition) is 2. The van der Waals surface area contributed by atoms with Crippen LogP contribution in [-0.4, -0.2) is 18.2 Å². The van der Waals surface area contributed by atoms with E-state index in [0.29, 0.717) is 16.6 Å². The van der Waals surface area contributed by atoms with Gasteiger partial charge in [0.2, 0.25) is 0 Å². The van der Waals surface area contributed by atoms with Crippen molar-refractivity contribution < 1.29 is 9.59 Å². The lowest BCUT2D eigenvalue weighted by molar-refractivity contribution is -0.114. The Balaban J connectivity index is 2.29. The van der Waals surface area contributed by atoms with Crippen LogP contribution in [0.5, 0.6) is 0 Å². The number of carbonyl (C=O) groups excluding carboxylic acids is 2. The number of anilines is 1. The van der Waals surface area contributed by atoms with Crippen LogP contribution in [-0.2, 0) is 4.79 Å². The zero-order valence-corrected chi connectivity index (χ0v) is 11.3. The minimum absolute atomic E-state index is 0.399. The fourth-order valence-electron chi connectivity index (χ4n) is 2.04. The number of benzene rings is 1. The third kappa shape index (κ3) is 2.14. The van der Waals surface area contributed by atoms with Crippen LogP contribution in [0.2, 0.25) is 0 Å². The lowest BCUT2D eigenvalue weighted by atomic mass is 10.1. The van der Waals surface area contributed by atoms with Crippen LogP contribution in [0.4, 0.5) is 5.69 Å². The summed E-state index contributed by atoms with van der Waals surface area (Å²) in [6, 6.07) is 5.47. The summed E-state index contributed by atoms with van der Waals surface area (Å²) in [5.41, 5.74) is 1.25. The average molecular weight is 296 g/mol. The van der Waals surface area contributed by atoms with Gasteiger partial charge in [0, 0.05) is 11.0 Å². The topological polar surface area (TPSA) is 37.4 Å². The molecule has 0 radical (unpaired) electrons. The maximum atomic E-state index is 11.9. The first-order chi connectivity index (χ1) is 8.16. The Bertz CT molecular complexity index is 470. The molecule has 2 rings (SSSR count). The molecular formula is C13H14BrNO2. The molecule has 0 spiro atoms. The van der Waals surface area contributed by atoms with Gasteiger partial charge in [0.1, 0.15) is 0 Å². The summed E-state index contributed by atoms with van der Waals surface area (Å²) in [5, 5.41) is 0. The summed E-state index contributed by atoms with van der Waals surface area (Å²) in [4.78, 5) is 25.3. The molecule has 0 atom stereocenters. The van der Waals surface area contributed by atoms with E-state index in [1.807, 2.05) is 12.1 Å². The van der Waals surface area contributed by atoms with Gasteiger partial charge in [-0.05, 0) is 34.5 Å². The molecule has 1 aromatic rings. The summed E-state index contributed by atoms with van der Waals surface area (Å²) in [6.07, 6.45) is 3.10. The van der Waals surface area contributed by atoms with Crippen LogP contribution in [0.15, 0.2) is 22.7 Å². The lowest BCUT2D eigenvalue weighted by Gasteiger charge is -2.16. The average Bonchev–Trinajstić information content (AvgIpc) is 2.55. The van der Waals surface area contributed by atoms with Gasteiger partial charge in [-0.15, -0.1) is 0 Å². The van der Waals surface area contributed by atoms with Crippen molar-refractivity contribution in [1.82, 2.24) is 0 Å². The number of hydrogen-bond donors (Lipinski definition) is 0. The summed E-state index contributed by atoms with van der Waals surface area (Å²) < 4.78 is 0.700. The van der Waals surface area contributed by atoms with E-state index < -0.39 is 11.7 Å². The predicted octanol–water partition coefficient (Wildman–Crippen LogP) is 3.17. The third-order valence-electron chi connectivity index (χ3n) is 2.93. The number of ketones is 1. The number of rotatable bonds is 4. The van der Waals surface area contributed by atoms with Crippen molar-refractivity contribution in [1.29, 1.82) is 0 Å². The zero-order chi connectivity index (χ0) is 12.4. The number of amides is 1. The summed E-state index contributed by atoms with van der Waals surface area (Å²) in [6.45, 7) is 2.74. The quantitative estimate of drug-likeness (QED) is 0.632. The van der Waals surface area contributed by atoms with Gasteiger partial charge in [-0.1, -0.05) is 25.8 Å². The molecule has 4 heteroatoms. The molecule has 1 aliphatic rings. The van der Waals surface area contributed by atoms with Crippen molar-refractivity contribution in [2.24, 2.45) is 0 Å². The van der Waals surface area contributed by atoms with Gasteiger partial charge in [-0.3, -0.25) is 9.59 Å². The van der Waals surface area contributed by atoms with Crippen molar-refractivity contribution in [2.45, 2.75) is 26.2 Å². The number of fused-ring (bicyclic) bond motifs is 1. The molecule has 0 saturated carbocycles. The third-order valence-corrected chi connectivity index (χ3v) is 3.59. The minimum atomic E-state index is -0.400. The largest absolute Gasteiger partial charge is 0.305 e. The number of unbranched alkanes of at least 4 members (excludes halogenated alkanes) is 2. The monoisotopic (exact) mass is 295 g/mol. The molecule has 0 fully saturated rings. The van der Waals surface area contributed by atoms with E-state index in [1.165, 1.54) is 0 Å². The molecular weight excluding hydrogens is 282 g/mol. The van der Waals surface area contributed by atoms with Crippen LogP contribution in [0, 0.1) is 0 Å². The first-order valence-electron chi connectivity index (χ1n) is 5.81. The standard InChI is InChI=1S/C13H14BrNO2/c1-2-3-4-8-15-10-7-5-6-9(14)11(10)12(16)13(15)17/h5-7H,2-4,8H2,1H3. The van der Waals surface area contributed by atoms with E-state index >= 15 is 0 Å². The van der Waals surface area contributed by atoms with Gasteiger partial charge in [0.15, 0.2) is 0 Å². The molecule has 90 valence electrons. The van der Waals surface area contributed by atoms with Crippen LogP contribution < -0.4 is 4.90 Å². The first kappa shape index (κ1) is 12.3. The lowest BCUT2D eigenvalue weighted by Crippen LogP contribution is -2.30. The Morgan fingerprint density at radius 3 is 2.71 bits per heavy atom. The Morgan fingerprint density at radius 1 is 1.24 bits per heavy atom. The van der Waals surface area contributed by atoms with Crippen molar-refractivity contribution in [2.75, 3.05) is 11.4 Å². The van der Waals surface area contributed by atoms with E-state index in [4.69, 9.17) is 0 Å². The maximum Gasteiger partial charge on any atom is 0.299 e. The SMILES string of the molecule is CCCCCN1C(=O)C(=O)c2c(Br)cccc21. The Labute approximate surface area is 109 Å². The predicted molar refractivity (Wildman–Crippen MR) is 70.4 cm³/mol. The smallest absolute Gasteiger partial charge is 0.299 e. The molecule has 0 bridgehead atoms. The van der Waals surface area contributed by atoms with Crippen LogP contribution >= 0.6 is 15.9 Å². The molecule has 0 aliphatic carbocycles. The second-order valence-electron chi connectivity index (χ2n) is 4.13. The summed E-state index contributed by atoms with van der Waals surface area (Å²) in [7, 11) is 0. The van der Waals surface area contributed by atoms with Gasteiger partial charge in [0.05, 0.1) is 11.3 Å². The van der Waals surface area contributed by atoms with E-state index in [9.17, 15) is 9.59 Å². The Hall–Kier alpha value is -1.16. The van der Waals surface area contributed by atoms with E-state index in [0.717, 1.165) is 24.9 Å². The fraction of sp³-hybridized carbons (Fsp3) is 0.385. The maximum absolute atomic E-state index is 11.9. The molecule has 1 aromatic carbocycles. The second kappa shape index (κ2) is 5.00. The highest BCUT2D eigenvalue weighted by atomic mass is 79.9. The Morgan fingerprint density at radius 2 is 2.00 bits per heavy atom. The Kier molecular flexibility index (Phi) is 3.62.